The van der Waals surface area contributed by atoms with Gasteiger partial charge in [0, 0.05) is 18.8 Å². The van der Waals surface area contributed by atoms with Crippen molar-refractivity contribution in [1.82, 2.24) is 10.2 Å². The zero-order valence-electron chi connectivity index (χ0n) is 15.2. The molecule has 5 heteroatoms. The molecular formula is C21H26N2O2S. The highest BCUT2D eigenvalue weighted by Gasteiger charge is 2.30. The SMILES string of the molecule is CCCCNC(=O)N1CCS[C@@H]1c1cccc(OCc2ccccc2)c1. The van der Waals surface area contributed by atoms with Crippen LogP contribution in [0.2, 0.25) is 0 Å². The summed E-state index contributed by atoms with van der Waals surface area (Å²) in [5, 5.41) is 3.08. The summed E-state index contributed by atoms with van der Waals surface area (Å²) in [7, 11) is 0. The highest BCUT2D eigenvalue weighted by molar-refractivity contribution is 7.99. The van der Waals surface area contributed by atoms with E-state index in [9.17, 15) is 4.79 Å². The van der Waals surface area contributed by atoms with Crippen LogP contribution in [0.3, 0.4) is 0 Å². The second kappa shape index (κ2) is 9.53. The Labute approximate surface area is 159 Å². The van der Waals surface area contributed by atoms with E-state index in [4.69, 9.17) is 4.74 Å². The van der Waals surface area contributed by atoms with Crippen LogP contribution < -0.4 is 10.1 Å². The van der Waals surface area contributed by atoms with Crippen LogP contribution in [0.5, 0.6) is 5.75 Å². The molecule has 0 unspecified atom stereocenters. The Balaban J connectivity index is 1.63. The number of hydrogen-bond acceptors (Lipinski definition) is 3. The largest absolute Gasteiger partial charge is 0.489 e. The van der Waals surface area contributed by atoms with E-state index in [0.717, 1.165) is 48.6 Å². The summed E-state index contributed by atoms with van der Waals surface area (Å²) in [6.07, 6.45) is 2.10. The Morgan fingerprint density at radius 3 is 2.88 bits per heavy atom. The normalized spacial score (nSPS) is 16.5. The first-order valence-electron chi connectivity index (χ1n) is 9.20. The number of unbranched alkanes of at least 4 members (excludes halogenated alkanes) is 1. The number of hydrogen-bond donors (Lipinski definition) is 1. The lowest BCUT2D eigenvalue weighted by Crippen LogP contribution is -2.39. The molecule has 0 aromatic heterocycles. The van der Waals surface area contributed by atoms with Crippen LogP contribution in [-0.4, -0.2) is 29.8 Å². The van der Waals surface area contributed by atoms with Crippen molar-refractivity contribution in [3.63, 3.8) is 0 Å². The van der Waals surface area contributed by atoms with Gasteiger partial charge in [-0.3, -0.25) is 0 Å². The van der Waals surface area contributed by atoms with Crippen molar-refractivity contribution in [1.29, 1.82) is 0 Å². The van der Waals surface area contributed by atoms with E-state index in [1.807, 2.05) is 35.2 Å². The summed E-state index contributed by atoms with van der Waals surface area (Å²) in [4.78, 5) is 14.4. The number of nitrogens with zero attached hydrogens (tertiary/aromatic N) is 1. The number of benzene rings is 2. The molecule has 0 aliphatic carbocycles. The molecule has 1 N–H and O–H groups in total. The van der Waals surface area contributed by atoms with E-state index >= 15 is 0 Å². The molecule has 3 rings (SSSR count). The van der Waals surface area contributed by atoms with Gasteiger partial charge < -0.3 is 15.0 Å². The molecule has 1 atom stereocenters. The first-order valence-corrected chi connectivity index (χ1v) is 10.3. The van der Waals surface area contributed by atoms with Crippen molar-refractivity contribution in [2.45, 2.75) is 31.7 Å². The number of carbonyl (C=O) groups is 1. The van der Waals surface area contributed by atoms with Crippen molar-refractivity contribution in [3.05, 3.63) is 65.7 Å². The molecule has 2 amide bonds. The van der Waals surface area contributed by atoms with Crippen molar-refractivity contribution in [2.24, 2.45) is 0 Å². The maximum atomic E-state index is 12.5. The van der Waals surface area contributed by atoms with Gasteiger partial charge in [0.1, 0.15) is 17.7 Å². The monoisotopic (exact) mass is 370 g/mol. The minimum Gasteiger partial charge on any atom is -0.489 e. The topological polar surface area (TPSA) is 41.6 Å². The van der Waals surface area contributed by atoms with Crippen LogP contribution in [0, 0.1) is 0 Å². The standard InChI is InChI=1S/C21H26N2O2S/c1-2-3-12-22-21(24)23-13-14-26-20(23)18-10-7-11-19(15-18)25-16-17-8-5-4-6-9-17/h4-11,15,20H,2-3,12-14,16H2,1H3,(H,22,24)/t20-/m1/s1. The average molecular weight is 371 g/mol. The molecule has 2 aromatic carbocycles. The fourth-order valence-electron chi connectivity index (χ4n) is 2.93. The van der Waals surface area contributed by atoms with Crippen molar-refractivity contribution >= 4 is 17.8 Å². The molecule has 2 aromatic rings. The highest BCUT2D eigenvalue weighted by atomic mass is 32.2. The molecule has 0 radical (unpaired) electrons. The Hall–Kier alpha value is -2.14. The number of carbonyl (C=O) groups excluding carboxylic acids is 1. The van der Waals surface area contributed by atoms with Crippen LogP contribution in [0.4, 0.5) is 4.79 Å². The van der Waals surface area contributed by atoms with Gasteiger partial charge in [-0.25, -0.2) is 4.79 Å². The lowest BCUT2D eigenvalue weighted by Gasteiger charge is -2.24. The highest BCUT2D eigenvalue weighted by Crippen LogP contribution is 2.38. The second-order valence-corrected chi connectivity index (χ2v) is 7.54. The van der Waals surface area contributed by atoms with Gasteiger partial charge in [0.2, 0.25) is 0 Å². The molecule has 1 aliphatic rings. The Morgan fingerprint density at radius 1 is 1.23 bits per heavy atom. The predicted molar refractivity (Wildman–Crippen MR) is 107 cm³/mol. The molecule has 0 saturated carbocycles. The summed E-state index contributed by atoms with van der Waals surface area (Å²) in [5.41, 5.74) is 2.26. The number of urea groups is 1. The number of thioether (sulfide) groups is 1. The third-order valence-electron chi connectivity index (χ3n) is 4.35. The molecule has 1 saturated heterocycles. The lowest BCUT2D eigenvalue weighted by atomic mass is 10.2. The van der Waals surface area contributed by atoms with Gasteiger partial charge in [-0.1, -0.05) is 55.8 Å². The van der Waals surface area contributed by atoms with Crippen LogP contribution in [0.1, 0.15) is 36.3 Å². The van der Waals surface area contributed by atoms with Gasteiger partial charge in [0.25, 0.3) is 0 Å². The minimum atomic E-state index is 0.0315. The van der Waals surface area contributed by atoms with Crippen molar-refractivity contribution < 1.29 is 9.53 Å². The molecule has 26 heavy (non-hydrogen) atoms. The van der Waals surface area contributed by atoms with Gasteiger partial charge >= 0.3 is 6.03 Å². The Morgan fingerprint density at radius 2 is 2.08 bits per heavy atom. The second-order valence-electron chi connectivity index (χ2n) is 6.35. The summed E-state index contributed by atoms with van der Waals surface area (Å²) >= 11 is 1.80. The molecule has 0 spiro atoms. The van der Waals surface area contributed by atoms with Gasteiger partial charge in [-0.05, 0) is 29.7 Å². The third-order valence-corrected chi connectivity index (χ3v) is 5.61. The first-order chi connectivity index (χ1) is 12.8. The number of ether oxygens (including phenoxy) is 1. The fourth-order valence-corrected chi connectivity index (χ4v) is 4.17. The van der Waals surface area contributed by atoms with E-state index in [1.165, 1.54) is 0 Å². The van der Waals surface area contributed by atoms with Gasteiger partial charge in [-0.15, -0.1) is 11.8 Å². The average Bonchev–Trinajstić information content (AvgIpc) is 3.18. The molecule has 1 fully saturated rings. The zero-order valence-corrected chi connectivity index (χ0v) is 16.0. The maximum Gasteiger partial charge on any atom is 0.318 e. The van der Waals surface area contributed by atoms with Crippen LogP contribution in [0.25, 0.3) is 0 Å². The van der Waals surface area contributed by atoms with Gasteiger partial charge in [-0.2, -0.15) is 0 Å². The van der Waals surface area contributed by atoms with Gasteiger partial charge in [0.15, 0.2) is 0 Å². The number of nitrogens with one attached hydrogen (secondary N) is 1. The van der Waals surface area contributed by atoms with E-state index in [1.54, 1.807) is 11.8 Å². The molecule has 1 heterocycles. The summed E-state index contributed by atoms with van der Waals surface area (Å²) < 4.78 is 5.94. The van der Waals surface area contributed by atoms with E-state index in [-0.39, 0.29) is 11.4 Å². The van der Waals surface area contributed by atoms with Gasteiger partial charge in [0.05, 0.1) is 0 Å². The summed E-state index contributed by atoms with van der Waals surface area (Å²) in [5.74, 6) is 1.80. The predicted octanol–water partition coefficient (Wildman–Crippen LogP) is 4.82. The smallest absolute Gasteiger partial charge is 0.318 e. The summed E-state index contributed by atoms with van der Waals surface area (Å²) in [6.45, 7) is 4.19. The fraction of sp³-hybridized carbons (Fsp3) is 0.381. The molecular weight excluding hydrogens is 344 g/mol. The molecule has 138 valence electrons. The molecule has 1 aliphatic heterocycles. The van der Waals surface area contributed by atoms with E-state index in [2.05, 4.69) is 36.5 Å². The lowest BCUT2D eigenvalue weighted by molar-refractivity contribution is 0.200. The quantitative estimate of drug-likeness (QED) is 0.710. The Bertz CT molecular complexity index is 708. The Kier molecular flexibility index (Phi) is 6.83. The number of amides is 2. The van der Waals surface area contributed by atoms with Crippen LogP contribution in [0.15, 0.2) is 54.6 Å². The van der Waals surface area contributed by atoms with E-state index < -0.39 is 0 Å². The zero-order chi connectivity index (χ0) is 18.2. The van der Waals surface area contributed by atoms with Crippen LogP contribution in [-0.2, 0) is 6.61 Å². The van der Waals surface area contributed by atoms with Crippen LogP contribution >= 0.6 is 11.8 Å². The van der Waals surface area contributed by atoms with Crippen molar-refractivity contribution in [3.8, 4) is 5.75 Å². The molecule has 4 nitrogen and oxygen atoms in total. The van der Waals surface area contributed by atoms with Crippen molar-refractivity contribution in [2.75, 3.05) is 18.8 Å². The first kappa shape index (κ1) is 18.6. The minimum absolute atomic E-state index is 0.0315. The maximum absolute atomic E-state index is 12.5. The summed E-state index contributed by atoms with van der Waals surface area (Å²) in [6, 6.07) is 18.3. The molecule has 0 bridgehead atoms. The van der Waals surface area contributed by atoms with E-state index in [0.29, 0.717) is 6.61 Å². The third kappa shape index (κ3) is 4.94. The number of rotatable bonds is 7.